The number of nitrogens with zero attached hydrogens (tertiary/aromatic N) is 1. The van der Waals surface area contributed by atoms with Crippen LogP contribution in [0.25, 0.3) is 0 Å². The SMILES string of the molecule is CC/C=C\C/C=C\C/C=C\C/C=C\C/C=C\C/C=C\C/C=C\C/C=C\C/C=C\C/C=C\CCCCC(=O)OCC(O)COC(OCC[N+](C)(C)C)C(=O)O. The van der Waals surface area contributed by atoms with Gasteiger partial charge in [0.15, 0.2) is 0 Å². The zero-order valence-electron chi connectivity index (χ0n) is 33.8. The Labute approximate surface area is 327 Å². The summed E-state index contributed by atoms with van der Waals surface area (Å²) < 4.78 is 16.1. The Morgan fingerprint density at radius 1 is 0.556 bits per heavy atom. The summed E-state index contributed by atoms with van der Waals surface area (Å²) >= 11 is 0. The summed E-state index contributed by atoms with van der Waals surface area (Å²) in [6, 6.07) is 0. The first-order valence-electron chi connectivity index (χ1n) is 19.8. The average molecular weight is 751 g/mol. The van der Waals surface area contributed by atoms with E-state index >= 15 is 0 Å². The minimum atomic E-state index is -1.48. The molecule has 0 fully saturated rings. The highest BCUT2D eigenvalue weighted by Gasteiger charge is 2.22. The highest BCUT2D eigenvalue weighted by molar-refractivity contribution is 5.70. The van der Waals surface area contributed by atoms with Gasteiger partial charge in [0.2, 0.25) is 0 Å². The van der Waals surface area contributed by atoms with E-state index < -0.39 is 24.3 Å². The minimum absolute atomic E-state index is 0.196. The van der Waals surface area contributed by atoms with Gasteiger partial charge in [0, 0.05) is 6.42 Å². The lowest BCUT2D eigenvalue weighted by Gasteiger charge is -2.24. The van der Waals surface area contributed by atoms with E-state index in [9.17, 15) is 19.8 Å². The van der Waals surface area contributed by atoms with E-state index in [-0.39, 0.29) is 26.2 Å². The molecule has 302 valence electrons. The molecule has 0 heterocycles. The molecule has 0 aliphatic carbocycles. The molecule has 0 aliphatic heterocycles. The van der Waals surface area contributed by atoms with Crippen molar-refractivity contribution in [3.05, 3.63) is 122 Å². The molecule has 8 nitrogen and oxygen atoms in total. The van der Waals surface area contributed by atoms with Crippen LogP contribution in [-0.4, -0.2) is 86.5 Å². The molecule has 0 aromatic carbocycles. The number of quaternary nitrogens is 1. The zero-order chi connectivity index (χ0) is 39.8. The van der Waals surface area contributed by atoms with Gasteiger partial charge in [0.25, 0.3) is 6.29 Å². The molecule has 0 radical (unpaired) electrons. The number of hydrogen-bond donors (Lipinski definition) is 2. The molecule has 8 heteroatoms. The van der Waals surface area contributed by atoms with Gasteiger partial charge in [-0.1, -0.05) is 128 Å². The summed E-state index contributed by atoms with van der Waals surface area (Å²) in [7, 11) is 5.89. The second-order valence-corrected chi connectivity index (χ2v) is 13.7. The molecule has 0 saturated carbocycles. The highest BCUT2D eigenvalue weighted by atomic mass is 16.7. The molecule has 0 bridgehead atoms. The van der Waals surface area contributed by atoms with E-state index in [2.05, 4.69) is 128 Å². The van der Waals surface area contributed by atoms with E-state index in [1.54, 1.807) is 0 Å². The number of allylic oxidation sites excluding steroid dienone is 20. The first-order chi connectivity index (χ1) is 26.2. The monoisotopic (exact) mass is 751 g/mol. The largest absolute Gasteiger partial charge is 0.477 e. The van der Waals surface area contributed by atoms with E-state index in [4.69, 9.17) is 14.2 Å². The fourth-order valence-electron chi connectivity index (χ4n) is 4.39. The van der Waals surface area contributed by atoms with Crippen molar-refractivity contribution in [2.75, 3.05) is 47.5 Å². The average Bonchev–Trinajstić information content (AvgIpc) is 3.13. The molecule has 2 N–H and O–H groups in total. The molecule has 54 heavy (non-hydrogen) atoms. The maximum atomic E-state index is 12.0. The summed E-state index contributed by atoms with van der Waals surface area (Å²) in [4.78, 5) is 23.3. The van der Waals surface area contributed by atoms with Gasteiger partial charge in [-0.2, -0.15) is 0 Å². The van der Waals surface area contributed by atoms with E-state index in [0.717, 1.165) is 77.0 Å². The maximum absolute atomic E-state index is 12.0. The second kappa shape index (κ2) is 37.5. The fraction of sp³-hybridized carbons (Fsp3) is 0.522. The van der Waals surface area contributed by atoms with Gasteiger partial charge in [-0.15, -0.1) is 0 Å². The third-order valence-corrected chi connectivity index (χ3v) is 7.46. The number of carboxylic acids is 1. The van der Waals surface area contributed by atoms with Crippen LogP contribution in [0.1, 0.15) is 96.8 Å². The van der Waals surface area contributed by atoms with Crippen LogP contribution >= 0.6 is 0 Å². The molecule has 2 atom stereocenters. The van der Waals surface area contributed by atoms with Crippen molar-refractivity contribution in [2.45, 2.75) is 109 Å². The lowest BCUT2D eigenvalue weighted by Crippen LogP contribution is -2.40. The molecule has 2 unspecified atom stereocenters. The third kappa shape index (κ3) is 39.4. The van der Waals surface area contributed by atoms with Crippen LogP contribution in [0.4, 0.5) is 0 Å². The Hall–Kier alpha value is -3.82. The predicted molar refractivity (Wildman–Crippen MR) is 225 cm³/mol. The van der Waals surface area contributed by atoms with Gasteiger partial charge in [0.05, 0.1) is 34.4 Å². The molecule has 0 spiro atoms. The lowest BCUT2D eigenvalue weighted by atomic mass is 10.2. The van der Waals surface area contributed by atoms with Crippen molar-refractivity contribution in [2.24, 2.45) is 0 Å². The van der Waals surface area contributed by atoms with Crippen LogP contribution in [-0.2, 0) is 23.8 Å². The Morgan fingerprint density at radius 2 is 0.944 bits per heavy atom. The zero-order valence-corrected chi connectivity index (χ0v) is 33.8. The minimum Gasteiger partial charge on any atom is -0.477 e. The number of carbonyl (C=O) groups excluding carboxylic acids is 1. The number of ether oxygens (including phenoxy) is 3. The first-order valence-corrected chi connectivity index (χ1v) is 19.8. The van der Waals surface area contributed by atoms with Crippen molar-refractivity contribution in [1.29, 1.82) is 0 Å². The van der Waals surface area contributed by atoms with Gasteiger partial charge >= 0.3 is 11.9 Å². The standard InChI is InChI=1S/C46H71NO7/c1-5-6-7-8-9-10-11-12-13-14-15-16-17-18-19-20-21-22-23-24-25-26-27-28-29-30-31-32-33-34-35-36-37-38-44(49)53-41-43(48)42-54-46(45(50)51)52-40-39-47(2,3)4/h6-7,9-10,12-13,15-16,18-19,21-22,24-25,27-28,30-31,33-34,43,46,48H,5,8,11,14,17,20,23,26,29,32,35-42H2,1-4H3/p+1/b7-6-,10-9-,13-12-,16-15-,19-18-,22-21-,25-24-,28-27-,31-30-,34-33-. The quantitative estimate of drug-likeness (QED) is 0.0222. The summed E-state index contributed by atoms with van der Waals surface area (Å²) in [6.45, 7) is 2.38. The van der Waals surface area contributed by atoms with E-state index in [0.29, 0.717) is 17.4 Å². The topological polar surface area (TPSA) is 102 Å². The number of aliphatic hydroxyl groups excluding tert-OH is 1. The van der Waals surface area contributed by atoms with Gasteiger partial charge in [-0.05, 0) is 83.5 Å². The first kappa shape index (κ1) is 50.2. The number of hydrogen-bond acceptors (Lipinski definition) is 6. The number of likely N-dealkylation sites (N-methyl/N-ethyl adjacent to an activating group) is 1. The van der Waals surface area contributed by atoms with Crippen LogP contribution < -0.4 is 0 Å². The lowest BCUT2D eigenvalue weighted by molar-refractivity contribution is -0.870. The Kier molecular flexibility index (Phi) is 34.8. The molecule has 0 saturated heterocycles. The van der Waals surface area contributed by atoms with Crippen molar-refractivity contribution in [1.82, 2.24) is 0 Å². The van der Waals surface area contributed by atoms with Gasteiger partial charge in [-0.25, -0.2) is 4.79 Å². The molecule has 0 amide bonds. The van der Waals surface area contributed by atoms with Crippen molar-refractivity contribution < 1.29 is 38.5 Å². The number of esters is 1. The second-order valence-electron chi connectivity index (χ2n) is 13.7. The Bertz CT molecular complexity index is 1230. The van der Waals surface area contributed by atoms with Crippen molar-refractivity contribution in [3.63, 3.8) is 0 Å². The summed E-state index contributed by atoms with van der Waals surface area (Å²) in [5.41, 5.74) is 0. The Balaban J connectivity index is 3.75. The summed E-state index contributed by atoms with van der Waals surface area (Å²) in [5.74, 6) is -1.67. The number of carbonyl (C=O) groups is 2. The summed E-state index contributed by atoms with van der Waals surface area (Å²) in [5, 5.41) is 19.2. The van der Waals surface area contributed by atoms with Crippen molar-refractivity contribution in [3.8, 4) is 0 Å². The third-order valence-electron chi connectivity index (χ3n) is 7.46. The molecule has 0 aromatic rings. The van der Waals surface area contributed by atoms with Gasteiger partial charge in [0.1, 0.15) is 19.3 Å². The van der Waals surface area contributed by atoms with Gasteiger partial charge in [-0.3, -0.25) is 4.79 Å². The Morgan fingerprint density at radius 3 is 1.31 bits per heavy atom. The molecule has 0 aliphatic rings. The van der Waals surface area contributed by atoms with E-state index in [1.807, 2.05) is 21.1 Å². The maximum Gasteiger partial charge on any atom is 0.361 e. The number of rotatable bonds is 34. The molecular weight excluding hydrogens is 679 g/mol. The molecule has 0 rings (SSSR count). The smallest absolute Gasteiger partial charge is 0.361 e. The molecule has 0 aromatic heterocycles. The summed E-state index contributed by atoms with van der Waals surface area (Å²) in [6.07, 6.45) is 53.8. The van der Waals surface area contributed by atoms with Crippen molar-refractivity contribution >= 4 is 11.9 Å². The normalized spacial score (nSPS) is 14.5. The predicted octanol–water partition coefficient (Wildman–Crippen LogP) is 10.1. The van der Waals surface area contributed by atoms with Crippen LogP contribution in [0.3, 0.4) is 0 Å². The van der Waals surface area contributed by atoms with Gasteiger partial charge < -0.3 is 28.9 Å². The highest BCUT2D eigenvalue weighted by Crippen LogP contribution is 2.05. The number of aliphatic hydroxyl groups is 1. The fourth-order valence-corrected chi connectivity index (χ4v) is 4.39. The van der Waals surface area contributed by atoms with Crippen LogP contribution in [0.5, 0.6) is 0 Å². The number of carboxylic acid groups (broad SMARTS) is 1. The van der Waals surface area contributed by atoms with Crippen LogP contribution in [0, 0.1) is 0 Å². The molecular formula is C46H72NO7+. The number of unbranched alkanes of at least 4 members (excludes halogenated alkanes) is 2. The van der Waals surface area contributed by atoms with E-state index in [1.165, 1.54) is 0 Å². The number of aliphatic carboxylic acids is 1. The van der Waals surface area contributed by atoms with Crippen LogP contribution in [0.15, 0.2) is 122 Å². The van der Waals surface area contributed by atoms with Crippen LogP contribution in [0.2, 0.25) is 0 Å².